The molecule has 4 nitrogen and oxygen atoms in total. The summed E-state index contributed by atoms with van der Waals surface area (Å²) in [5, 5.41) is 4.36. The number of hydrogen-bond acceptors (Lipinski definition) is 6. The topological polar surface area (TPSA) is 51.2 Å². The lowest BCUT2D eigenvalue weighted by molar-refractivity contribution is -0.116. The SMILES string of the molecule is COc1cccc2sc(NC(=O)CCCCC3CCSS3)nc12. The molecule has 0 spiro atoms. The summed E-state index contributed by atoms with van der Waals surface area (Å²) >= 11 is 1.49. The van der Waals surface area contributed by atoms with Crippen LogP contribution < -0.4 is 10.1 Å². The molecule has 1 aliphatic rings. The number of nitrogens with zero attached hydrogens (tertiary/aromatic N) is 1. The Hall–Kier alpha value is -0.920. The smallest absolute Gasteiger partial charge is 0.226 e. The molecule has 1 fully saturated rings. The molecule has 2 aromatic rings. The van der Waals surface area contributed by atoms with Gasteiger partial charge in [0.25, 0.3) is 0 Å². The Balaban J connectivity index is 1.47. The minimum atomic E-state index is 0.0523. The van der Waals surface area contributed by atoms with Crippen LogP contribution in [-0.4, -0.2) is 29.0 Å². The standard InChI is InChI=1S/C16H20N2O2S3/c1-20-12-6-4-7-13-15(12)18-16(22-13)17-14(19)8-3-2-5-11-9-10-21-23-11/h4,6-7,11H,2-3,5,8-10H2,1H3,(H,17,18,19). The first-order valence-corrected chi connectivity index (χ1v) is 11.0. The van der Waals surface area contributed by atoms with Crippen LogP contribution in [0.3, 0.4) is 0 Å². The third-order valence-corrected chi connectivity index (χ3v) is 7.70. The van der Waals surface area contributed by atoms with Crippen LogP contribution in [0, 0.1) is 0 Å². The Morgan fingerprint density at radius 3 is 3.13 bits per heavy atom. The Morgan fingerprint density at radius 2 is 2.35 bits per heavy atom. The van der Waals surface area contributed by atoms with Crippen LogP contribution in [0.15, 0.2) is 18.2 Å². The Labute approximate surface area is 148 Å². The van der Waals surface area contributed by atoms with E-state index in [-0.39, 0.29) is 5.91 Å². The fourth-order valence-electron chi connectivity index (χ4n) is 2.55. The minimum Gasteiger partial charge on any atom is -0.494 e. The maximum absolute atomic E-state index is 12.1. The van der Waals surface area contributed by atoms with E-state index in [2.05, 4.69) is 10.3 Å². The largest absolute Gasteiger partial charge is 0.494 e. The number of hydrogen-bond donors (Lipinski definition) is 1. The normalized spacial score (nSPS) is 17.5. The average molecular weight is 369 g/mol. The second-order valence-corrected chi connectivity index (χ2v) is 9.27. The average Bonchev–Trinajstić information content (AvgIpc) is 3.20. The quantitative estimate of drug-likeness (QED) is 0.553. The number of anilines is 1. The maximum Gasteiger partial charge on any atom is 0.226 e. The fraction of sp³-hybridized carbons (Fsp3) is 0.500. The van der Waals surface area contributed by atoms with E-state index < -0.39 is 0 Å². The number of carbonyl (C=O) groups excluding carboxylic acids is 1. The molecule has 3 rings (SSSR count). The highest BCUT2D eigenvalue weighted by Gasteiger charge is 2.16. The van der Waals surface area contributed by atoms with Crippen molar-refractivity contribution in [1.82, 2.24) is 4.98 Å². The number of nitrogens with one attached hydrogen (secondary N) is 1. The Morgan fingerprint density at radius 1 is 1.43 bits per heavy atom. The summed E-state index contributed by atoms with van der Waals surface area (Å²) in [5.74, 6) is 2.07. The van der Waals surface area contributed by atoms with Crippen molar-refractivity contribution in [2.24, 2.45) is 0 Å². The van der Waals surface area contributed by atoms with Gasteiger partial charge < -0.3 is 10.1 Å². The number of ether oxygens (including phenoxy) is 1. The molecule has 124 valence electrons. The third-order valence-electron chi connectivity index (χ3n) is 3.76. The number of aromatic nitrogens is 1. The van der Waals surface area contributed by atoms with Crippen molar-refractivity contribution in [3.63, 3.8) is 0 Å². The highest BCUT2D eigenvalue weighted by atomic mass is 33.1. The van der Waals surface area contributed by atoms with E-state index >= 15 is 0 Å². The van der Waals surface area contributed by atoms with Gasteiger partial charge in [-0.1, -0.05) is 45.4 Å². The van der Waals surface area contributed by atoms with E-state index in [4.69, 9.17) is 4.74 Å². The predicted octanol–water partition coefficient (Wildman–Crippen LogP) is 4.96. The number of rotatable bonds is 7. The van der Waals surface area contributed by atoms with Gasteiger partial charge >= 0.3 is 0 Å². The molecular formula is C16H20N2O2S3. The van der Waals surface area contributed by atoms with Crippen LogP contribution in [0.5, 0.6) is 5.75 Å². The maximum atomic E-state index is 12.1. The van der Waals surface area contributed by atoms with Gasteiger partial charge in [-0.3, -0.25) is 4.79 Å². The lowest BCUT2D eigenvalue weighted by atomic mass is 10.1. The highest BCUT2D eigenvalue weighted by Crippen LogP contribution is 2.40. The molecule has 1 N–H and O–H groups in total. The first kappa shape index (κ1) is 16.9. The number of amides is 1. The minimum absolute atomic E-state index is 0.0523. The molecule has 1 amide bonds. The first-order chi connectivity index (χ1) is 11.3. The van der Waals surface area contributed by atoms with Crippen molar-refractivity contribution >= 4 is 54.2 Å². The Bertz CT molecular complexity index is 668. The van der Waals surface area contributed by atoms with Crippen LogP contribution in [-0.2, 0) is 4.79 Å². The lowest BCUT2D eigenvalue weighted by Crippen LogP contribution is -2.11. The van der Waals surface area contributed by atoms with Crippen molar-refractivity contribution in [1.29, 1.82) is 0 Å². The number of para-hydroxylation sites is 1. The van der Waals surface area contributed by atoms with E-state index in [1.807, 2.05) is 39.8 Å². The van der Waals surface area contributed by atoms with Gasteiger partial charge in [-0.2, -0.15) is 0 Å². The van der Waals surface area contributed by atoms with Crippen LogP contribution in [0.1, 0.15) is 32.1 Å². The number of benzene rings is 1. The zero-order valence-corrected chi connectivity index (χ0v) is 15.5. The number of fused-ring (bicyclic) bond motifs is 1. The van der Waals surface area contributed by atoms with Gasteiger partial charge in [0.05, 0.1) is 11.8 Å². The zero-order valence-electron chi connectivity index (χ0n) is 13.0. The van der Waals surface area contributed by atoms with Gasteiger partial charge in [0, 0.05) is 17.4 Å². The van der Waals surface area contributed by atoms with Crippen LogP contribution >= 0.6 is 32.9 Å². The van der Waals surface area contributed by atoms with Gasteiger partial charge in [-0.15, -0.1) is 0 Å². The summed E-state index contributed by atoms with van der Waals surface area (Å²) in [6.07, 6.45) is 5.18. The van der Waals surface area contributed by atoms with Crippen molar-refractivity contribution in [3.8, 4) is 5.75 Å². The number of thiazole rings is 1. The van der Waals surface area contributed by atoms with Gasteiger partial charge in [-0.25, -0.2) is 4.98 Å². The van der Waals surface area contributed by atoms with Gasteiger partial charge in [0.15, 0.2) is 5.13 Å². The molecule has 0 aliphatic carbocycles. The summed E-state index contributed by atoms with van der Waals surface area (Å²) < 4.78 is 6.33. The van der Waals surface area contributed by atoms with E-state index in [9.17, 15) is 4.79 Å². The van der Waals surface area contributed by atoms with Crippen LogP contribution in [0.4, 0.5) is 5.13 Å². The molecule has 1 saturated heterocycles. The van der Waals surface area contributed by atoms with Crippen LogP contribution in [0.25, 0.3) is 10.2 Å². The summed E-state index contributed by atoms with van der Waals surface area (Å²) in [7, 11) is 5.61. The zero-order chi connectivity index (χ0) is 16.1. The summed E-state index contributed by atoms with van der Waals surface area (Å²) in [5.41, 5.74) is 0.811. The molecule has 0 radical (unpaired) electrons. The second-order valence-electron chi connectivity index (χ2n) is 5.45. The monoisotopic (exact) mass is 368 g/mol. The molecule has 1 atom stereocenters. The number of carbonyl (C=O) groups is 1. The molecular weight excluding hydrogens is 348 g/mol. The third kappa shape index (κ3) is 4.55. The summed E-state index contributed by atoms with van der Waals surface area (Å²) in [6.45, 7) is 0. The van der Waals surface area contributed by atoms with Crippen molar-refractivity contribution in [2.45, 2.75) is 37.4 Å². The van der Waals surface area contributed by atoms with Crippen LogP contribution in [0.2, 0.25) is 0 Å². The molecule has 1 unspecified atom stereocenters. The van der Waals surface area contributed by atoms with Gasteiger partial charge in [0.2, 0.25) is 5.91 Å². The molecule has 2 heterocycles. The van der Waals surface area contributed by atoms with Crippen molar-refractivity contribution in [3.05, 3.63) is 18.2 Å². The second kappa shape index (κ2) is 8.26. The summed E-state index contributed by atoms with van der Waals surface area (Å²) in [6, 6.07) is 5.81. The molecule has 7 heteroatoms. The fourth-order valence-corrected chi connectivity index (χ4v) is 6.47. The van der Waals surface area contributed by atoms with Gasteiger partial charge in [-0.05, 0) is 31.4 Å². The Kier molecular flexibility index (Phi) is 6.08. The molecule has 0 bridgehead atoms. The number of unbranched alkanes of at least 4 members (excludes halogenated alkanes) is 1. The van der Waals surface area contributed by atoms with Gasteiger partial charge in [0.1, 0.15) is 11.3 Å². The summed E-state index contributed by atoms with van der Waals surface area (Å²) in [4.78, 5) is 16.5. The highest BCUT2D eigenvalue weighted by molar-refractivity contribution is 8.77. The van der Waals surface area contributed by atoms with E-state index in [0.29, 0.717) is 11.6 Å². The molecule has 23 heavy (non-hydrogen) atoms. The van der Waals surface area contributed by atoms with E-state index in [0.717, 1.165) is 34.1 Å². The molecule has 1 aromatic carbocycles. The van der Waals surface area contributed by atoms with Crippen molar-refractivity contribution < 1.29 is 9.53 Å². The first-order valence-electron chi connectivity index (χ1n) is 7.78. The molecule has 0 saturated carbocycles. The van der Waals surface area contributed by atoms with E-state index in [1.165, 1.54) is 29.9 Å². The lowest BCUT2D eigenvalue weighted by Gasteiger charge is -2.06. The van der Waals surface area contributed by atoms with E-state index in [1.54, 1.807) is 7.11 Å². The molecule has 1 aromatic heterocycles. The van der Waals surface area contributed by atoms with Crippen molar-refractivity contribution in [2.75, 3.05) is 18.2 Å². The molecule has 1 aliphatic heterocycles. The number of methoxy groups -OCH3 is 1. The predicted molar refractivity (Wildman–Crippen MR) is 102 cm³/mol.